The minimum Gasteiger partial charge on any atom is -0.372 e. The molecule has 21 heavy (non-hydrogen) atoms. The third-order valence-electron chi connectivity index (χ3n) is 3.14. The Hall–Kier alpha value is -1.14. The fourth-order valence-corrected chi connectivity index (χ4v) is 2.13. The van der Waals surface area contributed by atoms with E-state index >= 15 is 0 Å². The van der Waals surface area contributed by atoms with Crippen LogP contribution in [-0.2, 0) is 11.2 Å². The van der Waals surface area contributed by atoms with E-state index in [9.17, 15) is 17.6 Å². The summed E-state index contributed by atoms with van der Waals surface area (Å²) in [6, 6.07) is 4.57. The van der Waals surface area contributed by atoms with Crippen LogP contribution in [0.5, 0.6) is 0 Å². The van der Waals surface area contributed by atoms with Crippen molar-refractivity contribution in [3.8, 4) is 0 Å². The Balaban J connectivity index is 2.49. The quantitative estimate of drug-likeness (QED) is 0.585. The fraction of sp³-hybridized carbons (Fsp3) is 0.600. The van der Waals surface area contributed by atoms with E-state index in [1.165, 1.54) is 12.1 Å². The largest absolute Gasteiger partial charge is 0.411 e. The molecular weight excluding hydrogens is 286 g/mol. The second-order valence-corrected chi connectivity index (χ2v) is 4.99. The van der Waals surface area contributed by atoms with Gasteiger partial charge in [-0.25, -0.2) is 4.39 Å². The van der Waals surface area contributed by atoms with Crippen LogP contribution in [0.3, 0.4) is 0 Å². The lowest BCUT2D eigenvalue weighted by molar-refractivity contribution is -0.174. The molecular formula is C15H21F4NO. The van der Waals surface area contributed by atoms with Crippen molar-refractivity contribution in [2.45, 2.75) is 38.9 Å². The highest BCUT2D eigenvalue weighted by Crippen LogP contribution is 2.16. The molecule has 1 aromatic carbocycles. The van der Waals surface area contributed by atoms with Gasteiger partial charge in [-0.2, -0.15) is 13.2 Å². The molecule has 1 N–H and O–H groups in total. The van der Waals surface area contributed by atoms with Gasteiger partial charge >= 0.3 is 6.18 Å². The van der Waals surface area contributed by atoms with E-state index < -0.39 is 12.8 Å². The molecule has 0 saturated heterocycles. The van der Waals surface area contributed by atoms with Gasteiger partial charge in [-0.15, -0.1) is 0 Å². The molecule has 6 heteroatoms. The Morgan fingerprint density at radius 1 is 1.29 bits per heavy atom. The van der Waals surface area contributed by atoms with Crippen LogP contribution >= 0.6 is 0 Å². The Labute approximate surface area is 122 Å². The van der Waals surface area contributed by atoms with Crippen LogP contribution in [0.15, 0.2) is 18.2 Å². The summed E-state index contributed by atoms with van der Waals surface area (Å²) >= 11 is 0. The number of alkyl halides is 3. The summed E-state index contributed by atoms with van der Waals surface area (Å²) in [5, 5.41) is 3.22. The van der Waals surface area contributed by atoms with Gasteiger partial charge in [0.25, 0.3) is 0 Å². The second kappa shape index (κ2) is 8.34. The summed E-state index contributed by atoms with van der Waals surface area (Å²) in [4.78, 5) is 0. The summed E-state index contributed by atoms with van der Waals surface area (Å²) < 4.78 is 53.7. The lowest BCUT2D eigenvalue weighted by Crippen LogP contribution is -2.33. The molecule has 0 amide bonds. The van der Waals surface area contributed by atoms with Crippen molar-refractivity contribution >= 4 is 0 Å². The number of halogens is 4. The Bertz CT molecular complexity index is 434. The second-order valence-electron chi connectivity index (χ2n) is 4.99. The van der Waals surface area contributed by atoms with Crippen LogP contribution in [0.2, 0.25) is 0 Å². The molecule has 0 fully saturated rings. The minimum absolute atomic E-state index is 0.00685. The zero-order valence-electron chi connectivity index (χ0n) is 12.3. The van der Waals surface area contributed by atoms with Crippen molar-refractivity contribution in [2.75, 3.05) is 19.8 Å². The Morgan fingerprint density at radius 2 is 2.00 bits per heavy atom. The molecule has 1 unspecified atom stereocenters. The summed E-state index contributed by atoms with van der Waals surface area (Å²) in [6.07, 6.45) is -3.18. The average molecular weight is 307 g/mol. The van der Waals surface area contributed by atoms with Gasteiger partial charge in [0, 0.05) is 12.6 Å². The van der Waals surface area contributed by atoms with Crippen LogP contribution < -0.4 is 5.32 Å². The van der Waals surface area contributed by atoms with Crippen LogP contribution in [0.1, 0.15) is 24.5 Å². The van der Waals surface area contributed by atoms with Crippen molar-refractivity contribution < 1.29 is 22.3 Å². The number of nitrogens with one attached hydrogen (secondary N) is 1. The highest BCUT2D eigenvalue weighted by Gasteiger charge is 2.27. The molecule has 1 rings (SSSR count). The first-order valence-electron chi connectivity index (χ1n) is 6.94. The monoisotopic (exact) mass is 307 g/mol. The van der Waals surface area contributed by atoms with E-state index in [0.29, 0.717) is 19.4 Å². The van der Waals surface area contributed by atoms with Crippen molar-refractivity contribution in [3.05, 3.63) is 35.1 Å². The highest BCUT2D eigenvalue weighted by atomic mass is 19.4. The topological polar surface area (TPSA) is 21.3 Å². The standard InChI is InChI=1S/C15H21F4NO/c1-3-20-14(6-7-21-10-15(17,18)19)9-12-4-5-13(16)8-11(12)2/h4-5,8,14,20H,3,6-7,9-10H2,1-2H3. The molecule has 0 radical (unpaired) electrons. The van der Waals surface area contributed by atoms with Crippen LogP contribution in [0.25, 0.3) is 0 Å². The molecule has 1 aromatic rings. The molecule has 0 saturated carbocycles. The Morgan fingerprint density at radius 3 is 2.57 bits per heavy atom. The summed E-state index contributed by atoms with van der Waals surface area (Å²) in [5.74, 6) is -0.287. The normalized spacial score (nSPS) is 13.4. The Kier molecular flexibility index (Phi) is 7.11. The van der Waals surface area contributed by atoms with Gasteiger partial charge in [0.1, 0.15) is 12.4 Å². The van der Waals surface area contributed by atoms with E-state index in [1.54, 1.807) is 6.07 Å². The molecule has 0 bridgehead atoms. The maximum absolute atomic E-state index is 13.1. The number of hydrogen-bond donors (Lipinski definition) is 1. The number of rotatable bonds is 8. The summed E-state index contributed by atoms with van der Waals surface area (Å²) in [7, 11) is 0. The molecule has 0 spiro atoms. The average Bonchev–Trinajstić information content (AvgIpc) is 2.36. The van der Waals surface area contributed by atoms with Gasteiger partial charge in [0.05, 0.1) is 0 Å². The number of aryl methyl sites for hydroxylation is 1. The first-order chi connectivity index (χ1) is 9.81. The molecule has 0 heterocycles. The molecule has 0 aromatic heterocycles. The molecule has 2 nitrogen and oxygen atoms in total. The fourth-order valence-electron chi connectivity index (χ4n) is 2.13. The maximum Gasteiger partial charge on any atom is 0.411 e. The molecule has 120 valence electrons. The van der Waals surface area contributed by atoms with E-state index in [4.69, 9.17) is 0 Å². The third-order valence-corrected chi connectivity index (χ3v) is 3.14. The van der Waals surface area contributed by atoms with Crippen LogP contribution in [0, 0.1) is 12.7 Å². The van der Waals surface area contributed by atoms with Gasteiger partial charge in [-0.1, -0.05) is 13.0 Å². The number of hydrogen-bond acceptors (Lipinski definition) is 2. The van der Waals surface area contributed by atoms with E-state index in [-0.39, 0.29) is 18.5 Å². The number of ether oxygens (including phenoxy) is 1. The maximum atomic E-state index is 13.1. The predicted octanol–water partition coefficient (Wildman–Crippen LogP) is 3.62. The minimum atomic E-state index is -4.29. The zero-order valence-corrected chi connectivity index (χ0v) is 12.3. The van der Waals surface area contributed by atoms with Crippen molar-refractivity contribution in [1.82, 2.24) is 5.32 Å². The van der Waals surface area contributed by atoms with Gasteiger partial charge in [-0.05, 0) is 49.6 Å². The SMILES string of the molecule is CCNC(CCOCC(F)(F)F)Cc1ccc(F)cc1C. The summed E-state index contributed by atoms with van der Waals surface area (Å²) in [5.41, 5.74) is 1.83. The first-order valence-corrected chi connectivity index (χ1v) is 6.94. The van der Waals surface area contributed by atoms with Crippen LogP contribution in [0.4, 0.5) is 17.6 Å². The van der Waals surface area contributed by atoms with E-state index in [1.807, 2.05) is 13.8 Å². The summed E-state index contributed by atoms with van der Waals surface area (Å²) in [6.45, 7) is 3.28. The van der Waals surface area contributed by atoms with E-state index in [0.717, 1.165) is 11.1 Å². The predicted molar refractivity (Wildman–Crippen MR) is 73.8 cm³/mol. The van der Waals surface area contributed by atoms with Gasteiger partial charge in [0.15, 0.2) is 0 Å². The highest BCUT2D eigenvalue weighted by molar-refractivity contribution is 5.27. The number of benzene rings is 1. The molecule has 0 aliphatic rings. The molecule has 0 aliphatic carbocycles. The van der Waals surface area contributed by atoms with Crippen molar-refractivity contribution in [3.63, 3.8) is 0 Å². The van der Waals surface area contributed by atoms with E-state index in [2.05, 4.69) is 10.1 Å². The molecule has 1 atom stereocenters. The third kappa shape index (κ3) is 7.43. The smallest absolute Gasteiger partial charge is 0.372 e. The molecule has 0 aliphatic heterocycles. The van der Waals surface area contributed by atoms with Crippen molar-refractivity contribution in [1.29, 1.82) is 0 Å². The number of likely N-dealkylation sites (N-methyl/N-ethyl adjacent to an activating group) is 1. The lowest BCUT2D eigenvalue weighted by atomic mass is 9.99. The van der Waals surface area contributed by atoms with Gasteiger partial charge in [0.2, 0.25) is 0 Å². The van der Waals surface area contributed by atoms with Gasteiger partial charge < -0.3 is 10.1 Å². The zero-order chi connectivity index (χ0) is 15.9. The van der Waals surface area contributed by atoms with Crippen molar-refractivity contribution in [2.24, 2.45) is 0 Å². The lowest BCUT2D eigenvalue weighted by Gasteiger charge is -2.19. The van der Waals surface area contributed by atoms with Gasteiger partial charge in [-0.3, -0.25) is 0 Å². The first kappa shape index (κ1) is 17.9. The van der Waals surface area contributed by atoms with Crippen LogP contribution in [-0.4, -0.2) is 32.0 Å².